The lowest BCUT2D eigenvalue weighted by atomic mass is 10.0. The summed E-state index contributed by atoms with van der Waals surface area (Å²) < 4.78 is 0. The second-order valence-corrected chi connectivity index (χ2v) is 5.84. The van der Waals surface area contributed by atoms with Crippen LogP contribution in [0.1, 0.15) is 33.6 Å². The second-order valence-electron chi connectivity index (χ2n) is 5.84. The highest BCUT2D eigenvalue weighted by Crippen LogP contribution is 2.63. The Labute approximate surface area is 103 Å². The Hall–Kier alpha value is -0.900. The van der Waals surface area contributed by atoms with Crippen molar-refractivity contribution >= 4 is 11.8 Å². The van der Waals surface area contributed by atoms with Gasteiger partial charge < -0.3 is 5.32 Å². The first-order chi connectivity index (χ1) is 7.95. The number of likely N-dealkylation sites (tertiary alicyclic amines) is 1. The van der Waals surface area contributed by atoms with E-state index in [0.29, 0.717) is 6.54 Å². The molecule has 1 N–H and O–H groups in total. The van der Waals surface area contributed by atoms with Crippen LogP contribution in [-0.2, 0) is 9.59 Å². The Kier molecular flexibility index (Phi) is 3.02. The number of hydrogen-bond acceptors (Lipinski definition) is 3. The van der Waals surface area contributed by atoms with Gasteiger partial charge in [-0.3, -0.25) is 14.5 Å². The summed E-state index contributed by atoms with van der Waals surface area (Å²) in [7, 11) is 1.88. The molecule has 2 fully saturated rings. The van der Waals surface area contributed by atoms with Gasteiger partial charge in [-0.15, -0.1) is 0 Å². The molecule has 1 aliphatic heterocycles. The Bertz CT molecular complexity index is 327. The lowest BCUT2D eigenvalue weighted by molar-refractivity contribution is -0.143. The zero-order valence-electron chi connectivity index (χ0n) is 11.1. The summed E-state index contributed by atoms with van der Waals surface area (Å²) in [6, 6.07) is 0.230. The van der Waals surface area contributed by atoms with Crippen molar-refractivity contribution < 1.29 is 9.59 Å². The lowest BCUT2D eigenvalue weighted by Gasteiger charge is -2.25. The monoisotopic (exact) mass is 238 g/mol. The first-order valence-corrected chi connectivity index (χ1v) is 6.47. The van der Waals surface area contributed by atoms with Crippen LogP contribution in [0, 0.1) is 17.3 Å². The number of carbonyl (C=O) groups excluding carboxylic acids is 2. The van der Waals surface area contributed by atoms with Gasteiger partial charge in [-0.05, 0) is 18.9 Å². The third kappa shape index (κ3) is 1.79. The fraction of sp³-hybridized carbons (Fsp3) is 0.846. The molecule has 0 spiro atoms. The highest BCUT2D eigenvalue weighted by molar-refractivity contribution is 6.10. The molecule has 1 saturated carbocycles. The smallest absolute Gasteiger partial charge is 0.233 e. The quantitative estimate of drug-likeness (QED) is 0.727. The van der Waals surface area contributed by atoms with Crippen LogP contribution in [0.2, 0.25) is 0 Å². The molecular formula is C13H22N2O2. The minimum absolute atomic E-state index is 0.0429. The van der Waals surface area contributed by atoms with E-state index in [1.54, 1.807) is 0 Å². The summed E-state index contributed by atoms with van der Waals surface area (Å²) in [5.74, 6) is -0.00836. The molecule has 1 heterocycles. The summed E-state index contributed by atoms with van der Waals surface area (Å²) in [4.78, 5) is 25.7. The number of fused-ring (bicyclic) bond motifs is 1. The normalized spacial score (nSPS) is 31.6. The fourth-order valence-corrected chi connectivity index (χ4v) is 3.08. The molecule has 96 valence electrons. The molecule has 17 heavy (non-hydrogen) atoms. The number of nitrogens with one attached hydrogen (secondary N) is 1. The Morgan fingerprint density at radius 2 is 1.82 bits per heavy atom. The first-order valence-electron chi connectivity index (χ1n) is 6.47. The van der Waals surface area contributed by atoms with Crippen LogP contribution >= 0.6 is 0 Å². The number of amides is 2. The molecule has 4 heteroatoms. The van der Waals surface area contributed by atoms with Gasteiger partial charge in [-0.25, -0.2) is 0 Å². The van der Waals surface area contributed by atoms with Crippen LogP contribution in [0.25, 0.3) is 0 Å². The van der Waals surface area contributed by atoms with Gasteiger partial charge in [-0.1, -0.05) is 27.2 Å². The molecular weight excluding hydrogens is 216 g/mol. The average Bonchev–Trinajstić information content (AvgIpc) is 2.74. The third-order valence-corrected chi connectivity index (χ3v) is 4.34. The summed E-state index contributed by atoms with van der Waals surface area (Å²) in [6.45, 7) is 6.66. The van der Waals surface area contributed by atoms with Crippen molar-refractivity contribution in [2.75, 3.05) is 13.6 Å². The van der Waals surface area contributed by atoms with E-state index in [1.807, 2.05) is 20.9 Å². The highest BCUT2D eigenvalue weighted by atomic mass is 16.2. The number of nitrogens with zero attached hydrogens (tertiary/aromatic N) is 1. The predicted octanol–water partition coefficient (Wildman–Crippen LogP) is 1.02. The Balaban J connectivity index is 2.01. The van der Waals surface area contributed by atoms with Crippen LogP contribution in [0.15, 0.2) is 0 Å². The molecule has 0 aromatic carbocycles. The van der Waals surface area contributed by atoms with Crippen LogP contribution in [0.4, 0.5) is 0 Å². The zero-order chi connectivity index (χ0) is 12.8. The molecule has 0 radical (unpaired) electrons. The molecule has 1 aliphatic carbocycles. The SMILES string of the molecule is CCCC(CN1C(=O)C2C(C1=O)C2(C)C)NC. The van der Waals surface area contributed by atoms with Crippen LogP contribution in [0.3, 0.4) is 0 Å². The predicted molar refractivity (Wildman–Crippen MR) is 65.2 cm³/mol. The minimum Gasteiger partial charge on any atom is -0.315 e. The maximum Gasteiger partial charge on any atom is 0.233 e. The second kappa shape index (κ2) is 4.09. The molecule has 3 atom stereocenters. The zero-order valence-corrected chi connectivity index (χ0v) is 11.1. The van der Waals surface area contributed by atoms with E-state index in [0.717, 1.165) is 12.8 Å². The van der Waals surface area contributed by atoms with Gasteiger partial charge in [0.1, 0.15) is 0 Å². The van der Waals surface area contributed by atoms with E-state index < -0.39 is 0 Å². The van der Waals surface area contributed by atoms with Crippen molar-refractivity contribution in [2.24, 2.45) is 17.3 Å². The molecule has 2 aliphatic rings. The molecule has 1 saturated heterocycles. The van der Waals surface area contributed by atoms with Crippen molar-refractivity contribution in [1.29, 1.82) is 0 Å². The van der Waals surface area contributed by atoms with Gasteiger partial charge in [0.05, 0.1) is 11.8 Å². The highest BCUT2D eigenvalue weighted by Gasteiger charge is 2.72. The van der Waals surface area contributed by atoms with E-state index in [9.17, 15) is 9.59 Å². The first kappa shape index (κ1) is 12.6. The third-order valence-electron chi connectivity index (χ3n) is 4.34. The van der Waals surface area contributed by atoms with Crippen LogP contribution in [-0.4, -0.2) is 36.3 Å². The van der Waals surface area contributed by atoms with Gasteiger partial charge >= 0.3 is 0 Å². The standard InChI is InChI=1S/C13H22N2O2/c1-5-6-8(14-4)7-15-11(16)9-10(12(15)17)13(9,2)3/h8-10,14H,5-7H2,1-4H3. The molecule has 2 rings (SSSR count). The molecule has 0 bridgehead atoms. The van der Waals surface area contributed by atoms with Crippen LogP contribution < -0.4 is 5.32 Å². The van der Waals surface area contributed by atoms with Gasteiger partial charge in [0.25, 0.3) is 0 Å². The summed E-state index contributed by atoms with van der Waals surface area (Å²) in [6.07, 6.45) is 2.05. The van der Waals surface area contributed by atoms with Crippen molar-refractivity contribution in [1.82, 2.24) is 10.2 Å². The molecule has 2 amide bonds. The molecule has 4 nitrogen and oxygen atoms in total. The number of piperidine rings is 1. The van der Waals surface area contributed by atoms with Crippen molar-refractivity contribution in [3.05, 3.63) is 0 Å². The fourth-order valence-electron chi connectivity index (χ4n) is 3.08. The minimum atomic E-state index is -0.0927. The summed E-state index contributed by atoms with van der Waals surface area (Å²) in [5.41, 5.74) is -0.0927. The summed E-state index contributed by atoms with van der Waals surface area (Å²) >= 11 is 0. The van der Waals surface area contributed by atoms with Gasteiger partial charge in [-0.2, -0.15) is 0 Å². The number of carbonyl (C=O) groups is 2. The summed E-state index contributed by atoms with van der Waals surface area (Å²) in [5, 5.41) is 3.18. The maximum absolute atomic E-state index is 12.1. The van der Waals surface area contributed by atoms with Crippen molar-refractivity contribution in [3.8, 4) is 0 Å². The number of hydrogen-bond donors (Lipinski definition) is 1. The molecule has 3 unspecified atom stereocenters. The van der Waals surface area contributed by atoms with Gasteiger partial charge in [0, 0.05) is 12.6 Å². The molecule has 0 aromatic rings. The molecule has 0 aromatic heterocycles. The van der Waals surface area contributed by atoms with E-state index >= 15 is 0 Å². The number of likely N-dealkylation sites (N-methyl/N-ethyl adjacent to an activating group) is 1. The van der Waals surface area contributed by atoms with Gasteiger partial charge in [0.2, 0.25) is 11.8 Å². The van der Waals surface area contributed by atoms with Crippen molar-refractivity contribution in [3.63, 3.8) is 0 Å². The lowest BCUT2D eigenvalue weighted by Crippen LogP contribution is -2.45. The number of rotatable bonds is 5. The average molecular weight is 238 g/mol. The van der Waals surface area contributed by atoms with E-state index in [4.69, 9.17) is 0 Å². The van der Waals surface area contributed by atoms with Gasteiger partial charge in [0.15, 0.2) is 0 Å². The van der Waals surface area contributed by atoms with E-state index in [1.165, 1.54) is 4.90 Å². The topological polar surface area (TPSA) is 49.4 Å². The number of imide groups is 1. The maximum atomic E-state index is 12.1. The van der Waals surface area contributed by atoms with Crippen LogP contribution in [0.5, 0.6) is 0 Å². The Morgan fingerprint density at radius 3 is 2.24 bits per heavy atom. The van der Waals surface area contributed by atoms with E-state index in [2.05, 4.69) is 12.2 Å². The van der Waals surface area contributed by atoms with E-state index in [-0.39, 0.29) is 35.1 Å². The Morgan fingerprint density at radius 1 is 1.29 bits per heavy atom. The van der Waals surface area contributed by atoms with Crippen molar-refractivity contribution in [2.45, 2.75) is 39.7 Å². The largest absolute Gasteiger partial charge is 0.315 e.